The second-order valence-corrected chi connectivity index (χ2v) is 8.27. The summed E-state index contributed by atoms with van der Waals surface area (Å²) in [5.41, 5.74) is 1.38. The Kier molecular flexibility index (Phi) is 6.52. The van der Waals surface area contributed by atoms with E-state index in [1.807, 2.05) is 54.6 Å². The van der Waals surface area contributed by atoms with Crippen molar-refractivity contribution in [3.63, 3.8) is 0 Å². The number of benzene rings is 2. The molecule has 3 atom stereocenters. The van der Waals surface area contributed by atoms with Gasteiger partial charge in [-0.2, -0.15) is 12.6 Å². The van der Waals surface area contributed by atoms with Gasteiger partial charge < -0.3 is 14.7 Å². The van der Waals surface area contributed by atoms with Gasteiger partial charge >= 0.3 is 5.97 Å². The van der Waals surface area contributed by atoms with Crippen LogP contribution in [0.3, 0.4) is 0 Å². The summed E-state index contributed by atoms with van der Waals surface area (Å²) < 4.78 is 5.22. The summed E-state index contributed by atoms with van der Waals surface area (Å²) in [5.74, 6) is -0.327. The van der Waals surface area contributed by atoms with Crippen LogP contribution in [0.4, 0.5) is 0 Å². The number of rotatable bonds is 8. The van der Waals surface area contributed by atoms with Gasteiger partial charge in [-0.25, -0.2) is 4.79 Å². The zero-order valence-electron chi connectivity index (χ0n) is 16.7. The second kappa shape index (κ2) is 8.91. The monoisotopic (exact) mass is 413 g/mol. The van der Waals surface area contributed by atoms with Crippen LogP contribution >= 0.6 is 12.6 Å². The molecular formula is C23H27NO4S. The Balaban J connectivity index is 1.90. The summed E-state index contributed by atoms with van der Waals surface area (Å²) in [6, 6.07) is 16.8. The number of carbonyl (C=O) groups is 2. The van der Waals surface area contributed by atoms with E-state index >= 15 is 0 Å². The number of amides is 1. The average molecular weight is 414 g/mol. The second-order valence-electron chi connectivity index (χ2n) is 7.65. The molecule has 0 radical (unpaired) electrons. The number of hydrogen-bond donors (Lipinski definition) is 2. The number of nitrogens with zero attached hydrogens (tertiary/aromatic N) is 1. The highest BCUT2D eigenvalue weighted by molar-refractivity contribution is 7.81. The predicted molar refractivity (Wildman–Crippen MR) is 115 cm³/mol. The number of hydrogen-bond acceptors (Lipinski definition) is 4. The fourth-order valence-electron chi connectivity index (χ4n) is 4.05. The highest BCUT2D eigenvalue weighted by Gasteiger charge is 2.52. The first-order chi connectivity index (χ1) is 13.9. The highest BCUT2D eigenvalue weighted by atomic mass is 32.1. The van der Waals surface area contributed by atoms with Gasteiger partial charge in [0, 0.05) is 11.8 Å². The first-order valence-corrected chi connectivity index (χ1v) is 10.3. The van der Waals surface area contributed by atoms with E-state index in [1.165, 1.54) is 4.90 Å². The highest BCUT2D eigenvalue weighted by Crippen LogP contribution is 2.43. The molecular weight excluding hydrogens is 386 g/mol. The van der Waals surface area contributed by atoms with Crippen LogP contribution in [0, 0.1) is 5.41 Å². The number of carboxylic acid groups (broad SMARTS) is 1. The zero-order valence-corrected chi connectivity index (χ0v) is 17.6. The van der Waals surface area contributed by atoms with Crippen molar-refractivity contribution < 1.29 is 19.4 Å². The molecule has 1 fully saturated rings. The van der Waals surface area contributed by atoms with Crippen LogP contribution in [0.5, 0.6) is 5.75 Å². The Bertz CT molecular complexity index is 855. The van der Waals surface area contributed by atoms with E-state index in [0.717, 1.165) is 16.9 Å². The quantitative estimate of drug-likeness (QED) is 0.651. The molecule has 2 aromatic carbocycles. The number of ether oxygens (including phenoxy) is 1. The van der Waals surface area contributed by atoms with Crippen molar-refractivity contribution in [3.8, 4) is 5.75 Å². The molecule has 6 heteroatoms. The molecule has 0 aliphatic carbocycles. The SMILES string of the molecule is COc1ccc(CC(S)C2(Cc3ccccc3)CCN([C@@H](C)C(=O)O)C2=O)cc1. The van der Waals surface area contributed by atoms with Crippen LogP contribution in [0.25, 0.3) is 0 Å². The standard InChI is InChI=1S/C23H27NO4S/c1-16(21(25)26)24-13-12-23(22(24)27,15-18-6-4-3-5-7-18)20(29)14-17-8-10-19(28-2)11-9-17/h3-11,16,20,29H,12-15H2,1-2H3,(H,25,26)/t16-,20?,23?/m0/s1. The third-order valence-corrected chi connectivity index (χ3v) is 6.58. The largest absolute Gasteiger partial charge is 0.497 e. The topological polar surface area (TPSA) is 66.8 Å². The van der Waals surface area contributed by atoms with Crippen molar-refractivity contribution >= 4 is 24.5 Å². The van der Waals surface area contributed by atoms with E-state index in [0.29, 0.717) is 25.8 Å². The van der Waals surface area contributed by atoms with Gasteiger partial charge in [-0.15, -0.1) is 0 Å². The van der Waals surface area contributed by atoms with Crippen molar-refractivity contribution in [2.24, 2.45) is 5.41 Å². The molecule has 0 spiro atoms. The molecule has 2 unspecified atom stereocenters. The van der Waals surface area contributed by atoms with Crippen molar-refractivity contribution in [1.82, 2.24) is 4.90 Å². The third kappa shape index (κ3) is 4.42. The van der Waals surface area contributed by atoms with E-state index in [-0.39, 0.29) is 11.2 Å². The smallest absolute Gasteiger partial charge is 0.326 e. The molecule has 154 valence electrons. The molecule has 3 rings (SSSR count). The minimum atomic E-state index is -0.986. The Morgan fingerprint density at radius 1 is 1.17 bits per heavy atom. The summed E-state index contributed by atoms with van der Waals surface area (Å²) in [4.78, 5) is 26.5. The first kappa shape index (κ1) is 21.2. The average Bonchev–Trinajstić information content (AvgIpc) is 3.05. The van der Waals surface area contributed by atoms with E-state index < -0.39 is 17.4 Å². The Morgan fingerprint density at radius 3 is 2.41 bits per heavy atom. The van der Waals surface area contributed by atoms with E-state index in [9.17, 15) is 14.7 Å². The number of likely N-dealkylation sites (tertiary alicyclic amines) is 1. The Morgan fingerprint density at radius 2 is 1.83 bits per heavy atom. The molecule has 5 nitrogen and oxygen atoms in total. The van der Waals surface area contributed by atoms with E-state index in [4.69, 9.17) is 17.4 Å². The summed E-state index contributed by atoms with van der Waals surface area (Å²) in [7, 11) is 1.63. The fourth-order valence-corrected chi connectivity index (χ4v) is 4.59. The lowest BCUT2D eigenvalue weighted by molar-refractivity contribution is -0.150. The number of aliphatic carboxylic acids is 1. The van der Waals surface area contributed by atoms with E-state index in [1.54, 1.807) is 14.0 Å². The maximum absolute atomic E-state index is 13.5. The molecule has 1 heterocycles. The molecule has 1 saturated heterocycles. The van der Waals surface area contributed by atoms with Gasteiger partial charge in [0.2, 0.25) is 5.91 Å². The van der Waals surface area contributed by atoms with Crippen LogP contribution in [0.1, 0.15) is 24.5 Å². The van der Waals surface area contributed by atoms with Gasteiger partial charge in [0.1, 0.15) is 11.8 Å². The van der Waals surface area contributed by atoms with Gasteiger partial charge in [0.05, 0.1) is 12.5 Å². The first-order valence-electron chi connectivity index (χ1n) is 9.76. The molecule has 0 aromatic heterocycles. The number of methoxy groups -OCH3 is 1. The summed E-state index contributed by atoms with van der Waals surface area (Å²) in [5, 5.41) is 9.18. The van der Waals surface area contributed by atoms with Gasteiger partial charge in [0.25, 0.3) is 0 Å². The van der Waals surface area contributed by atoms with Crippen LogP contribution < -0.4 is 4.74 Å². The van der Waals surface area contributed by atoms with Crippen LogP contribution in [-0.2, 0) is 22.4 Å². The third-order valence-electron chi connectivity index (χ3n) is 5.90. The molecule has 2 aromatic rings. The lowest BCUT2D eigenvalue weighted by Gasteiger charge is -2.34. The zero-order chi connectivity index (χ0) is 21.0. The molecule has 1 amide bonds. The molecule has 29 heavy (non-hydrogen) atoms. The molecule has 0 bridgehead atoms. The maximum Gasteiger partial charge on any atom is 0.326 e. The van der Waals surface area contributed by atoms with Gasteiger partial charge in [-0.3, -0.25) is 4.79 Å². The van der Waals surface area contributed by atoms with Crippen molar-refractivity contribution in [3.05, 3.63) is 65.7 Å². The van der Waals surface area contributed by atoms with Crippen molar-refractivity contribution in [2.45, 2.75) is 37.5 Å². The minimum absolute atomic E-state index is 0.121. The normalized spacial score (nSPS) is 21.1. The predicted octanol–water partition coefficient (Wildman–Crippen LogP) is 3.47. The van der Waals surface area contributed by atoms with Gasteiger partial charge in [-0.1, -0.05) is 42.5 Å². The fraction of sp³-hybridized carbons (Fsp3) is 0.391. The van der Waals surface area contributed by atoms with Crippen LogP contribution in [0.15, 0.2) is 54.6 Å². The molecule has 1 aliphatic rings. The lowest BCUT2D eigenvalue weighted by Crippen LogP contribution is -2.47. The Labute approximate surface area is 177 Å². The Hall–Kier alpha value is -2.47. The number of thiol groups is 1. The van der Waals surface area contributed by atoms with Crippen molar-refractivity contribution in [1.29, 1.82) is 0 Å². The van der Waals surface area contributed by atoms with Gasteiger partial charge in [-0.05, 0) is 49.4 Å². The molecule has 1 aliphatic heterocycles. The van der Waals surface area contributed by atoms with Crippen molar-refractivity contribution in [2.75, 3.05) is 13.7 Å². The number of carboxylic acids is 1. The number of carbonyl (C=O) groups excluding carboxylic acids is 1. The summed E-state index contributed by atoms with van der Waals surface area (Å²) >= 11 is 4.90. The maximum atomic E-state index is 13.5. The molecule has 1 N–H and O–H groups in total. The minimum Gasteiger partial charge on any atom is -0.497 e. The van der Waals surface area contributed by atoms with Gasteiger partial charge in [0.15, 0.2) is 0 Å². The summed E-state index contributed by atoms with van der Waals surface area (Å²) in [6.45, 7) is 1.99. The molecule has 0 saturated carbocycles. The lowest BCUT2D eigenvalue weighted by atomic mass is 9.75. The van der Waals surface area contributed by atoms with Crippen LogP contribution in [0.2, 0.25) is 0 Å². The van der Waals surface area contributed by atoms with Crippen LogP contribution in [-0.4, -0.2) is 46.8 Å². The van der Waals surface area contributed by atoms with E-state index in [2.05, 4.69) is 0 Å². The summed E-state index contributed by atoms with van der Waals surface area (Å²) in [6.07, 6.45) is 1.74.